The Morgan fingerprint density at radius 2 is 2.54 bits per heavy atom. The summed E-state index contributed by atoms with van der Waals surface area (Å²) >= 11 is 5.93. The molecule has 1 aromatic heterocycles. The summed E-state index contributed by atoms with van der Waals surface area (Å²) in [6.07, 6.45) is 3.27. The summed E-state index contributed by atoms with van der Waals surface area (Å²) in [7, 11) is 0. The Hall–Kier alpha value is -1.29. The molecule has 0 amide bonds. The second-order valence-electron chi connectivity index (χ2n) is 2.71. The van der Waals surface area contributed by atoms with Gasteiger partial charge in [0.05, 0.1) is 6.67 Å². The van der Waals surface area contributed by atoms with Crippen molar-refractivity contribution in [2.75, 3.05) is 23.4 Å². The minimum absolute atomic E-state index is 0.483. The summed E-state index contributed by atoms with van der Waals surface area (Å²) in [6, 6.07) is 0. The molecule has 0 atom stereocenters. The Labute approximate surface area is 81.2 Å². The van der Waals surface area contributed by atoms with Gasteiger partial charge in [0.25, 0.3) is 0 Å². The van der Waals surface area contributed by atoms with Gasteiger partial charge in [0.2, 0.25) is 0 Å². The minimum Gasteiger partial charge on any atom is -0.351 e. The molecular formula is C8H9ClN4. The number of anilines is 2. The first-order chi connectivity index (χ1) is 6.33. The molecule has 13 heavy (non-hydrogen) atoms. The molecule has 1 aliphatic heterocycles. The monoisotopic (exact) mass is 196 g/mol. The smallest absolute Gasteiger partial charge is 0.158 e. The molecule has 0 radical (unpaired) electrons. The summed E-state index contributed by atoms with van der Waals surface area (Å²) in [4.78, 5) is 10.0. The van der Waals surface area contributed by atoms with Gasteiger partial charge in [0.15, 0.2) is 11.0 Å². The van der Waals surface area contributed by atoms with Crippen molar-refractivity contribution in [1.29, 1.82) is 0 Å². The van der Waals surface area contributed by atoms with Gasteiger partial charge in [-0.05, 0) is 0 Å². The van der Waals surface area contributed by atoms with Gasteiger partial charge in [-0.15, -0.1) is 6.58 Å². The number of nitrogens with zero attached hydrogens (tertiary/aromatic N) is 3. The first-order valence-electron chi connectivity index (χ1n) is 3.93. The zero-order valence-electron chi connectivity index (χ0n) is 7.00. The number of rotatable bonds is 2. The van der Waals surface area contributed by atoms with Crippen LogP contribution >= 0.6 is 11.6 Å². The largest absolute Gasteiger partial charge is 0.351 e. The van der Waals surface area contributed by atoms with E-state index in [0.717, 1.165) is 18.1 Å². The molecule has 5 heteroatoms. The second kappa shape index (κ2) is 3.22. The van der Waals surface area contributed by atoms with Crippen molar-refractivity contribution in [3.05, 3.63) is 24.1 Å². The van der Waals surface area contributed by atoms with Crippen LogP contribution in [0.5, 0.6) is 0 Å². The number of hydrogen-bond donors (Lipinski definition) is 1. The van der Waals surface area contributed by atoms with Crippen LogP contribution in [0.25, 0.3) is 0 Å². The molecule has 1 aliphatic rings. The van der Waals surface area contributed by atoms with Crippen molar-refractivity contribution in [2.45, 2.75) is 0 Å². The van der Waals surface area contributed by atoms with E-state index in [1.807, 2.05) is 11.0 Å². The molecule has 0 saturated heterocycles. The maximum Gasteiger partial charge on any atom is 0.158 e. The van der Waals surface area contributed by atoms with E-state index >= 15 is 0 Å². The summed E-state index contributed by atoms with van der Waals surface area (Å²) in [5.41, 5.74) is 0.865. The highest BCUT2D eigenvalue weighted by atomic mass is 35.5. The van der Waals surface area contributed by atoms with Gasteiger partial charge in [-0.3, -0.25) is 0 Å². The van der Waals surface area contributed by atoms with Crippen molar-refractivity contribution in [2.24, 2.45) is 0 Å². The third-order valence-corrected chi connectivity index (χ3v) is 2.16. The number of aromatic nitrogens is 2. The lowest BCUT2D eigenvalue weighted by Gasteiger charge is -2.14. The van der Waals surface area contributed by atoms with Crippen LogP contribution in [0.4, 0.5) is 11.5 Å². The lowest BCUT2D eigenvalue weighted by molar-refractivity contribution is 0.957. The zero-order valence-corrected chi connectivity index (χ0v) is 7.75. The third-order valence-electron chi connectivity index (χ3n) is 1.88. The average molecular weight is 197 g/mol. The van der Waals surface area contributed by atoms with Crippen LogP contribution in [0.3, 0.4) is 0 Å². The molecule has 0 saturated carbocycles. The highest BCUT2D eigenvalue weighted by Gasteiger charge is 2.21. The number of hydrogen-bond acceptors (Lipinski definition) is 4. The molecule has 0 bridgehead atoms. The van der Waals surface area contributed by atoms with E-state index in [9.17, 15) is 0 Å². The Balaban J connectivity index is 2.39. The average Bonchev–Trinajstić information content (AvgIpc) is 2.51. The molecule has 2 heterocycles. The fourth-order valence-electron chi connectivity index (χ4n) is 1.33. The molecule has 2 rings (SSSR count). The first-order valence-corrected chi connectivity index (χ1v) is 4.31. The molecule has 68 valence electrons. The summed E-state index contributed by atoms with van der Waals surface area (Å²) < 4.78 is 0. The van der Waals surface area contributed by atoms with Gasteiger partial charge < -0.3 is 10.2 Å². The Morgan fingerprint density at radius 1 is 1.69 bits per heavy atom. The van der Waals surface area contributed by atoms with Crippen LogP contribution in [0, 0.1) is 0 Å². The van der Waals surface area contributed by atoms with Crippen molar-refractivity contribution >= 4 is 23.1 Å². The lowest BCUT2D eigenvalue weighted by Crippen LogP contribution is -2.22. The topological polar surface area (TPSA) is 41.0 Å². The predicted octanol–water partition coefficient (Wildman–Crippen LogP) is 1.51. The molecule has 1 aromatic rings. The SMILES string of the molecule is C=CCN1CNc2ncnc(Cl)c21. The van der Waals surface area contributed by atoms with Crippen LogP contribution < -0.4 is 10.2 Å². The van der Waals surface area contributed by atoms with E-state index in [-0.39, 0.29) is 0 Å². The molecular weight excluding hydrogens is 188 g/mol. The molecule has 0 aromatic carbocycles. The zero-order chi connectivity index (χ0) is 9.26. The maximum absolute atomic E-state index is 5.93. The predicted molar refractivity (Wildman–Crippen MR) is 53.1 cm³/mol. The molecule has 0 fully saturated rings. The van der Waals surface area contributed by atoms with E-state index < -0.39 is 0 Å². The normalized spacial score (nSPS) is 13.8. The molecule has 0 unspecified atom stereocenters. The lowest BCUT2D eigenvalue weighted by atomic mass is 10.4. The Bertz CT molecular complexity index is 339. The second-order valence-corrected chi connectivity index (χ2v) is 3.07. The summed E-state index contributed by atoms with van der Waals surface area (Å²) in [5, 5.41) is 3.60. The first kappa shape index (κ1) is 8.31. The maximum atomic E-state index is 5.93. The van der Waals surface area contributed by atoms with Gasteiger partial charge >= 0.3 is 0 Å². The van der Waals surface area contributed by atoms with E-state index in [0.29, 0.717) is 11.8 Å². The van der Waals surface area contributed by atoms with Gasteiger partial charge in [-0.2, -0.15) is 0 Å². The van der Waals surface area contributed by atoms with E-state index in [1.54, 1.807) is 0 Å². The van der Waals surface area contributed by atoms with Crippen LogP contribution in [0.15, 0.2) is 19.0 Å². The van der Waals surface area contributed by atoms with Gasteiger partial charge in [0.1, 0.15) is 12.0 Å². The quantitative estimate of drug-likeness (QED) is 0.575. The van der Waals surface area contributed by atoms with Crippen LogP contribution in [-0.4, -0.2) is 23.2 Å². The number of halogens is 1. The van der Waals surface area contributed by atoms with Crippen molar-refractivity contribution in [3.8, 4) is 0 Å². The highest BCUT2D eigenvalue weighted by Crippen LogP contribution is 2.33. The van der Waals surface area contributed by atoms with Crippen molar-refractivity contribution < 1.29 is 0 Å². The van der Waals surface area contributed by atoms with Crippen LogP contribution in [-0.2, 0) is 0 Å². The van der Waals surface area contributed by atoms with E-state index in [4.69, 9.17) is 11.6 Å². The molecule has 0 spiro atoms. The standard InChI is InChI=1S/C8H9ClN4/c1-2-3-13-5-12-8-6(13)7(9)10-4-11-8/h2,4H,1,3,5H2,(H,10,11,12). The fourth-order valence-corrected chi connectivity index (χ4v) is 1.58. The molecule has 0 aliphatic carbocycles. The number of fused-ring (bicyclic) bond motifs is 1. The van der Waals surface area contributed by atoms with Gasteiger partial charge in [0, 0.05) is 6.54 Å². The molecule has 1 N–H and O–H groups in total. The third kappa shape index (κ3) is 1.33. The van der Waals surface area contributed by atoms with Crippen molar-refractivity contribution in [3.63, 3.8) is 0 Å². The minimum atomic E-state index is 0.483. The Morgan fingerprint density at radius 3 is 3.31 bits per heavy atom. The van der Waals surface area contributed by atoms with E-state index in [2.05, 4.69) is 21.9 Å². The van der Waals surface area contributed by atoms with E-state index in [1.165, 1.54) is 6.33 Å². The summed E-state index contributed by atoms with van der Waals surface area (Å²) in [5.74, 6) is 0.793. The Kier molecular flexibility index (Phi) is 2.06. The van der Waals surface area contributed by atoms with Crippen molar-refractivity contribution in [1.82, 2.24) is 9.97 Å². The van der Waals surface area contributed by atoms with Crippen LogP contribution in [0.1, 0.15) is 0 Å². The number of nitrogens with one attached hydrogen (secondary N) is 1. The molecule has 4 nitrogen and oxygen atoms in total. The summed E-state index contributed by atoms with van der Waals surface area (Å²) in [6.45, 7) is 5.12. The van der Waals surface area contributed by atoms with Crippen LogP contribution in [0.2, 0.25) is 5.15 Å². The highest BCUT2D eigenvalue weighted by molar-refractivity contribution is 6.32. The van der Waals surface area contributed by atoms with Gasteiger partial charge in [-0.1, -0.05) is 17.7 Å². The fraction of sp³-hybridized carbons (Fsp3) is 0.250. The van der Waals surface area contributed by atoms with Gasteiger partial charge in [-0.25, -0.2) is 9.97 Å².